The van der Waals surface area contributed by atoms with Gasteiger partial charge in [0.1, 0.15) is 10.7 Å². The maximum atomic E-state index is 13.9. The molecule has 2 rings (SSSR count). The molecule has 0 unspecified atom stereocenters. The Hall–Kier alpha value is -1.67. The van der Waals surface area contributed by atoms with Crippen LogP contribution in [0.4, 0.5) is 10.1 Å². The second kappa shape index (κ2) is 5.98. The summed E-state index contributed by atoms with van der Waals surface area (Å²) >= 11 is 0. The van der Waals surface area contributed by atoms with E-state index in [1.54, 1.807) is 0 Å². The van der Waals surface area contributed by atoms with Gasteiger partial charge in [0.2, 0.25) is 15.9 Å². The van der Waals surface area contributed by atoms with Crippen molar-refractivity contribution in [2.24, 2.45) is 5.73 Å². The highest BCUT2D eigenvalue weighted by Gasteiger charge is 2.35. The molecule has 0 bridgehead atoms. The molecule has 1 aliphatic carbocycles. The molecule has 1 aliphatic rings. The van der Waals surface area contributed by atoms with Crippen molar-refractivity contribution in [2.45, 2.75) is 36.6 Å². The third kappa shape index (κ3) is 3.33. The minimum atomic E-state index is -4.16. The van der Waals surface area contributed by atoms with Crippen LogP contribution in [0.2, 0.25) is 0 Å². The fourth-order valence-electron chi connectivity index (χ4n) is 2.60. The normalized spacial score (nSPS) is 16.5. The Morgan fingerprint density at radius 1 is 1.33 bits per heavy atom. The molecule has 21 heavy (non-hydrogen) atoms. The van der Waals surface area contributed by atoms with Crippen molar-refractivity contribution in [1.82, 2.24) is 4.31 Å². The Balaban J connectivity index is 2.45. The summed E-state index contributed by atoms with van der Waals surface area (Å²) in [5.74, 6) is -1.66. The number of hydrogen-bond acceptors (Lipinski definition) is 4. The van der Waals surface area contributed by atoms with Crippen LogP contribution in [0.1, 0.15) is 25.7 Å². The maximum absolute atomic E-state index is 13.9. The lowest BCUT2D eigenvalue weighted by Crippen LogP contribution is -2.44. The van der Waals surface area contributed by atoms with Gasteiger partial charge in [-0.2, -0.15) is 4.31 Å². The second-order valence-electron chi connectivity index (χ2n) is 5.14. The summed E-state index contributed by atoms with van der Waals surface area (Å²) in [7, 11) is -4.16. The van der Waals surface area contributed by atoms with Gasteiger partial charge in [-0.05, 0) is 31.0 Å². The number of nitrogens with two attached hydrogens (primary N) is 2. The molecule has 1 amide bonds. The molecular weight excluding hydrogens is 297 g/mol. The number of primary amides is 1. The fourth-order valence-corrected chi connectivity index (χ4v) is 4.35. The Labute approximate surface area is 123 Å². The van der Waals surface area contributed by atoms with Gasteiger partial charge in [-0.3, -0.25) is 4.79 Å². The predicted octanol–water partition coefficient (Wildman–Crippen LogP) is 0.826. The molecule has 0 spiro atoms. The maximum Gasteiger partial charge on any atom is 0.246 e. The molecule has 4 N–H and O–H groups in total. The summed E-state index contributed by atoms with van der Waals surface area (Å²) < 4.78 is 40.2. The Morgan fingerprint density at radius 2 is 1.95 bits per heavy atom. The van der Waals surface area contributed by atoms with E-state index in [0.717, 1.165) is 29.3 Å². The van der Waals surface area contributed by atoms with E-state index >= 15 is 0 Å². The smallest absolute Gasteiger partial charge is 0.246 e. The standard InChI is InChI=1S/C13H18FN3O3S/c14-11-6-5-9(15)7-12(11)21(19,20)17(8-13(16)18)10-3-1-2-4-10/h5-7,10H,1-4,8,15H2,(H2,16,18). The molecule has 1 aromatic carbocycles. The highest BCUT2D eigenvalue weighted by atomic mass is 32.2. The number of anilines is 1. The van der Waals surface area contributed by atoms with Gasteiger partial charge in [0, 0.05) is 11.7 Å². The highest BCUT2D eigenvalue weighted by Crippen LogP contribution is 2.30. The zero-order valence-electron chi connectivity index (χ0n) is 11.5. The Kier molecular flexibility index (Phi) is 4.48. The number of halogens is 1. The van der Waals surface area contributed by atoms with Crippen LogP contribution in [0.25, 0.3) is 0 Å². The molecule has 0 heterocycles. The van der Waals surface area contributed by atoms with Crippen molar-refractivity contribution in [3.8, 4) is 0 Å². The number of amides is 1. The van der Waals surface area contributed by atoms with E-state index in [1.165, 1.54) is 6.07 Å². The number of carbonyl (C=O) groups is 1. The molecule has 0 atom stereocenters. The van der Waals surface area contributed by atoms with E-state index in [1.807, 2.05) is 0 Å². The summed E-state index contributed by atoms with van der Waals surface area (Å²) in [6.07, 6.45) is 3.01. The fraction of sp³-hybridized carbons (Fsp3) is 0.462. The van der Waals surface area contributed by atoms with Gasteiger partial charge >= 0.3 is 0 Å². The van der Waals surface area contributed by atoms with Crippen molar-refractivity contribution in [3.63, 3.8) is 0 Å². The van der Waals surface area contributed by atoms with Crippen LogP contribution in [0.5, 0.6) is 0 Å². The molecule has 8 heteroatoms. The molecule has 0 aromatic heterocycles. The monoisotopic (exact) mass is 315 g/mol. The number of benzene rings is 1. The molecule has 1 aromatic rings. The van der Waals surface area contributed by atoms with Gasteiger partial charge in [-0.15, -0.1) is 0 Å². The molecule has 116 valence electrons. The van der Waals surface area contributed by atoms with Gasteiger partial charge in [0.15, 0.2) is 0 Å². The van der Waals surface area contributed by atoms with Gasteiger partial charge in [-0.25, -0.2) is 12.8 Å². The van der Waals surface area contributed by atoms with Crippen LogP contribution in [-0.4, -0.2) is 31.2 Å². The van der Waals surface area contributed by atoms with Crippen molar-refractivity contribution < 1.29 is 17.6 Å². The summed E-state index contributed by atoms with van der Waals surface area (Å²) in [4.78, 5) is 10.7. The lowest BCUT2D eigenvalue weighted by molar-refractivity contribution is -0.118. The van der Waals surface area contributed by atoms with Crippen molar-refractivity contribution in [3.05, 3.63) is 24.0 Å². The molecule has 1 saturated carbocycles. The first-order chi connectivity index (χ1) is 9.82. The summed E-state index contributed by atoms with van der Waals surface area (Å²) in [6, 6.07) is 3.01. The van der Waals surface area contributed by atoms with Crippen LogP contribution in [0, 0.1) is 5.82 Å². The van der Waals surface area contributed by atoms with Crippen LogP contribution in [0.3, 0.4) is 0 Å². The van der Waals surface area contributed by atoms with Crippen molar-refractivity contribution in [1.29, 1.82) is 0 Å². The minimum Gasteiger partial charge on any atom is -0.399 e. The Morgan fingerprint density at radius 3 is 2.52 bits per heavy atom. The van der Waals surface area contributed by atoms with E-state index in [-0.39, 0.29) is 11.7 Å². The molecule has 0 aliphatic heterocycles. The van der Waals surface area contributed by atoms with E-state index in [2.05, 4.69) is 0 Å². The predicted molar refractivity (Wildman–Crippen MR) is 76.2 cm³/mol. The average molecular weight is 315 g/mol. The number of sulfonamides is 1. The summed E-state index contributed by atoms with van der Waals surface area (Å²) in [5, 5.41) is 0. The molecule has 1 fully saturated rings. The number of nitrogen functional groups attached to an aromatic ring is 1. The van der Waals surface area contributed by atoms with Crippen LogP contribution in [-0.2, 0) is 14.8 Å². The van der Waals surface area contributed by atoms with E-state index in [0.29, 0.717) is 12.8 Å². The molecule has 0 radical (unpaired) electrons. The van der Waals surface area contributed by atoms with E-state index < -0.39 is 33.2 Å². The zero-order valence-corrected chi connectivity index (χ0v) is 12.3. The van der Waals surface area contributed by atoms with Crippen molar-refractivity contribution in [2.75, 3.05) is 12.3 Å². The minimum absolute atomic E-state index is 0.139. The number of rotatable bonds is 5. The third-order valence-electron chi connectivity index (χ3n) is 3.59. The highest BCUT2D eigenvalue weighted by molar-refractivity contribution is 7.89. The molecule has 6 nitrogen and oxygen atoms in total. The molecular formula is C13H18FN3O3S. The lowest BCUT2D eigenvalue weighted by atomic mass is 10.2. The van der Waals surface area contributed by atoms with Crippen LogP contribution in [0.15, 0.2) is 23.1 Å². The number of carbonyl (C=O) groups excluding carboxylic acids is 1. The first-order valence-corrected chi connectivity index (χ1v) is 8.11. The van der Waals surface area contributed by atoms with Gasteiger partial charge in [-0.1, -0.05) is 12.8 Å². The van der Waals surface area contributed by atoms with E-state index in [4.69, 9.17) is 11.5 Å². The quantitative estimate of drug-likeness (QED) is 0.785. The van der Waals surface area contributed by atoms with Crippen LogP contribution >= 0.6 is 0 Å². The molecule has 0 saturated heterocycles. The van der Waals surface area contributed by atoms with Crippen LogP contribution < -0.4 is 11.5 Å². The van der Waals surface area contributed by atoms with Gasteiger partial charge in [0.25, 0.3) is 0 Å². The third-order valence-corrected chi connectivity index (χ3v) is 5.50. The average Bonchev–Trinajstić information content (AvgIpc) is 2.92. The van der Waals surface area contributed by atoms with Gasteiger partial charge in [0.05, 0.1) is 6.54 Å². The first kappa shape index (κ1) is 15.7. The number of hydrogen-bond donors (Lipinski definition) is 2. The summed E-state index contributed by atoms with van der Waals surface area (Å²) in [6.45, 7) is -0.457. The summed E-state index contributed by atoms with van der Waals surface area (Å²) in [5.41, 5.74) is 10.8. The first-order valence-electron chi connectivity index (χ1n) is 6.67. The largest absolute Gasteiger partial charge is 0.399 e. The van der Waals surface area contributed by atoms with Crippen molar-refractivity contribution >= 4 is 21.6 Å². The van der Waals surface area contributed by atoms with E-state index in [9.17, 15) is 17.6 Å². The lowest BCUT2D eigenvalue weighted by Gasteiger charge is -2.27. The second-order valence-corrected chi connectivity index (χ2v) is 7.00. The SMILES string of the molecule is NC(=O)CN(C1CCCC1)S(=O)(=O)c1cc(N)ccc1F. The Bertz CT molecular complexity index is 642. The zero-order chi connectivity index (χ0) is 15.6. The van der Waals surface area contributed by atoms with Gasteiger partial charge < -0.3 is 11.5 Å². The number of nitrogens with zero attached hydrogens (tertiary/aromatic N) is 1. The topological polar surface area (TPSA) is 106 Å².